The Kier molecular flexibility index (Phi) is 2.13. The summed E-state index contributed by atoms with van der Waals surface area (Å²) in [5, 5.41) is 0. The lowest BCUT2D eigenvalue weighted by Crippen LogP contribution is -2.36. The zero-order valence-electron chi connectivity index (χ0n) is 10.5. The molecule has 0 aromatic rings. The normalized spacial score (nSPS) is 50.5. The van der Waals surface area contributed by atoms with Crippen LogP contribution in [0, 0.1) is 17.3 Å². The highest BCUT2D eigenvalue weighted by Gasteiger charge is 2.62. The van der Waals surface area contributed by atoms with E-state index in [0.29, 0.717) is 29.5 Å². The van der Waals surface area contributed by atoms with Gasteiger partial charge in [-0.05, 0) is 49.9 Å². The van der Waals surface area contributed by atoms with E-state index in [0.717, 1.165) is 0 Å². The third kappa shape index (κ3) is 1.27. The molecular formula is C15H22O. The smallest absolute Gasteiger partial charge is 0.0876 e. The van der Waals surface area contributed by atoms with Crippen molar-refractivity contribution in [2.75, 3.05) is 0 Å². The Labute approximate surface area is 98.6 Å². The van der Waals surface area contributed by atoms with E-state index in [1.165, 1.54) is 36.8 Å². The summed E-state index contributed by atoms with van der Waals surface area (Å²) in [5.74, 6) is 1.39. The molecular weight excluding hydrogens is 196 g/mol. The van der Waals surface area contributed by atoms with E-state index in [1.807, 2.05) is 0 Å². The molecule has 88 valence electrons. The minimum Gasteiger partial charge on any atom is -0.369 e. The summed E-state index contributed by atoms with van der Waals surface area (Å²) in [6, 6.07) is 0. The van der Waals surface area contributed by atoms with Gasteiger partial charge < -0.3 is 4.74 Å². The summed E-state index contributed by atoms with van der Waals surface area (Å²) in [6.45, 7) is 13.1. The van der Waals surface area contributed by atoms with Crippen LogP contribution in [0.15, 0.2) is 24.3 Å². The molecule has 2 saturated carbocycles. The van der Waals surface area contributed by atoms with Crippen LogP contribution in [0.2, 0.25) is 0 Å². The van der Waals surface area contributed by atoms with Gasteiger partial charge in [-0.2, -0.15) is 0 Å². The molecule has 3 aliphatic rings. The number of rotatable bonds is 1. The van der Waals surface area contributed by atoms with Crippen LogP contribution < -0.4 is 0 Å². The Morgan fingerprint density at radius 2 is 2.19 bits per heavy atom. The summed E-state index contributed by atoms with van der Waals surface area (Å²) in [5.41, 5.74) is 3.24. The fraction of sp³-hybridized carbons (Fsp3) is 0.733. The molecule has 1 heteroatoms. The van der Waals surface area contributed by atoms with Gasteiger partial charge in [-0.1, -0.05) is 31.2 Å². The van der Waals surface area contributed by atoms with Crippen LogP contribution in [-0.4, -0.2) is 12.2 Å². The lowest BCUT2D eigenvalue weighted by Gasteiger charge is -2.44. The standard InChI is InChI=1S/C15H22O/c1-9(2)12-6-5-10(3)15(7-12)8-13-14(16-13)11(15)4/h11-14H,1,3,5-8H2,2,4H3/t11-,12-,13-,14+,15-/m0/s1. The van der Waals surface area contributed by atoms with Crippen LogP contribution in [0.3, 0.4) is 0 Å². The van der Waals surface area contributed by atoms with Crippen LogP contribution >= 0.6 is 0 Å². The van der Waals surface area contributed by atoms with Gasteiger partial charge in [-0.25, -0.2) is 0 Å². The number of fused-ring (bicyclic) bond motifs is 1. The van der Waals surface area contributed by atoms with Gasteiger partial charge >= 0.3 is 0 Å². The lowest BCUT2D eigenvalue weighted by atomic mass is 9.61. The van der Waals surface area contributed by atoms with E-state index in [-0.39, 0.29) is 0 Å². The maximum absolute atomic E-state index is 5.67. The van der Waals surface area contributed by atoms with E-state index >= 15 is 0 Å². The molecule has 0 radical (unpaired) electrons. The number of hydrogen-bond donors (Lipinski definition) is 0. The van der Waals surface area contributed by atoms with E-state index in [9.17, 15) is 0 Å². The molecule has 0 bridgehead atoms. The molecule has 16 heavy (non-hydrogen) atoms. The largest absolute Gasteiger partial charge is 0.369 e. The molecule has 1 heterocycles. The molecule has 2 aliphatic carbocycles. The zero-order chi connectivity index (χ0) is 11.5. The second kappa shape index (κ2) is 3.22. The molecule has 5 atom stereocenters. The number of ether oxygens (including phenoxy) is 1. The number of allylic oxidation sites excluding steroid dienone is 2. The summed E-state index contributed by atoms with van der Waals surface area (Å²) in [6.07, 6.45) is 6.05. The topological polar surface area (TPSA) is 12.5 Å². The average molecular weight is 218 g/mol. The van der Waals surface area contributed by atoms with E-state index in [1.54, 1.807) is 0 Å². The van der Waals surface area contributed by atoms with Crippen molar-refractivity contribution in [3.63, 3.8) is 0 Å². The van der Waals surface area contributed by atoms with Gasteiger partial charge in [0.1, 0.15) is 0 Å². The first kappa shape index (κ1) is 10.6. The van der Waals surface area contributed by atoms with E-state index in [4.69, 9.17) is 4.74 Å². The van der Waals surface area contributed by atoms with Gasteiger partial charge in [0.05, 0.1) is 12.2 Å². The second-order valence-electron chi connectivity index (χ2n) is 6.18. The minimum absolute atomic E-state index is 0.384. The van der Waals surface area contributed by atoms with Crippen LogP contribution in [-0.2, 0) is 4.74 Å². The Bertz CT molecular complexity index is 356. The van der Waals surface area contributed by atoms with E-state index < -0.39 is 0 Å². The Morgan fingerprint density at radius 3 is 2.75 bits per heavy atom. The third-order valence-corrected chi connectivity index (χ3v) is 5.36. The van der Waals surface area contributed by atoms with Crippen LogP contribution in [0.1, 0.15) is 39.5 Å². The van der Waals surface area contributed by atoms with E-state index in [2.05, 4.69) is 27.0 Å². The van der Waals surface area contributed by atoms with Gasteiger partial charge in [-0.15, -0.1) is 0 Å². The van der Waals surface area contributed by atoms with Gasteiger partial charge in [0.15, 0.2) is 0 Å². The first-order valence-corrected chi connectivity index (χ1v) is 6.54. The molecule has 0 N–H and O–H groups in total. The van der Waals surface area contributed by atoms with Crippen LogP contribution in [0.25, 0.3) is 0 Å². The van der Waals surface area contributed by atoms with Crippen LogP contribution in [0.5, 0.6) is 0 Å². The van der Waals surface area contributed by atoms with Crippen LogP contribution in [0.4, 0.5) is 0 Å². The highest BCUT2D eigenvalue weighted by atomic mass is 16.6. The molecule has 0 aromatic heterocycles. The molecule has 1 nitrogen and oxygen atoms in total. The van der Waals surface area contributed by atoms with Crippen molar-refractivity contribution in [1.29, 1.82) is 0 Å². The lowest BCUT2D eigenvalue weighted by molar-refractivity contribution is 0.0982. The quantitative estimate of drug-likeness (QED) is 0.483. The van der Waals surface area contributed by atoms with Crippen molar-refractivity contribution in [1.82, 2.24) is 0 Å². The van der Waals surface area contributed by atoms with Crippen molar-refractivity contribution in [3.8, 4) is 0 Å². The second-order valence-corrected chi connectivity index (χ2v) is 6.18. The maximum atomic E-state index is 5.67. The van der Waals surface area contributed by atoms with Crippen molar-refractivity contribution < 1.29 is 4.74 Å². The summed E-state index contributed by atoms with van der Waals surface area (Å²) < 4.78 is 5.67. The average Bonchev–Trinajstić information content (AvgIpc) is 2.93. The highest BCUT2D eigenvalue weighted by Crippen LogP contribution is 2.63. The van der Waals surface area contributed by atoms with Gasteiger partial charge in [0, 0.05) is 0 Å². The Balaban J connectivity index is 1.87. The van der Waals surface area contributed by atoms with Crippen molar-refractivity contribution >= 4 is 0 Å². The SMILES string of the molecule is C=C(C)[C@H]1CCC(=C)[C@]2(C1)C[C@@H]1O[C@@H]1[C@@H]2C. The highest BCUT2D eigenvalue weighted by molar-refractivity contribution is 5.26. The Hall–Kier alpha value is -0.560. The van der Waals surface area contributed by atoms with Crippen molar-refractivity contribution in [2.24, 2.45) is 17.3 Å². The van der Waals surface area contributed by atoms with Crippen molar-refractivity contribution in [2.45, 2.75) is 51.7 Å². The first-order valence-electron chi connectivity index (χ1n) is 6.54. The zero-order valence-corrected chi connectivity index (χ0v) is 10.5. The van der Waals surface area contributed by atoms with Crippen molar-refractivity contribution in [3.05, 3.63) is 24.3 Å². The molecule has 3 fully saturated rings. The van der Waals surface area contributed by atoms with Gasteiger partial charge in [0.25, 0.3) is 0 Å². The molecule has 1 aliphatic heterocycles. The molecule has 0 amide bonds. The summed E-state index contributed by atoms with van der Waals surface area (Å²) in [7, 11) is 0. The van der Waals surface area contributed by atoms with Gasteiger partial charge in [-0.3, -0.25) is 0 Å². The summed E-state index contributed by atoms with van der Waals surface area (Å²) in [4.78, 5) is 0. The monoisotopic (exact) mass is 218 g/mol. The van der Waals surface area contributed by atoms with Gasteiger partial charge in [0.2, 0.25) is 0 Å². The molecule has 3 rings (SSSR count). The fourth-order valence-electron chi connectivity index (χ4n) is 4.06. The number of hydrogen-bond acceptors (Lipinski definition) is 1. The predicted molar refractivity (Wildman–Crippen MR) is 66.2 cm³/mol. The fourth-order valence-corrected chi connectivity index (χ4v) is 4.06. The predicted octanol–water partition coefficient (Wildman–Crippen LogP) is 3.71. The minimum atomic E-state index is 0.384. The third-order valence-electron chi connectivity index (χ3n) is 5.36. The molecule has 0 aromatic carbocycles. The Morgan fingerprint density at radius 1 is 1.44 bits per heavy atom. The maximum Gasteiger partial charge on any atom is 0.0876 e. The molecule has 0 unspecified atom stereocenters. The first-order chi connectivity index (χ1) is 7.54. The molecule has 1 spiro atoms. The summed E-state index contributed by atoms with van der Waals surface area (Å²) >= 11 is 0. The number of epoxide rings is 1. The molecule has 1 saturated heterocycles.